The Hall–Kier alpha value is -1.75. The molecule has 98 valence electrons. The highest BCUT2D eigenvalue weighted by Crippen LogP contribution is 2.13. The average Bonchev–Trinajstić information content (AvgIpc) is 2.41. The summed E-state index contributed by atoms with van der Waals surface area (Å²) in [5, 5.41) is 2.72. The second kappa shape index (κ2) is 6.43. The number of rotatable bonds is 4. The van der Waals surface area contributed by atoms with Gasteiger partial charge in [0.2, 0.25) is 0 Å². The first-order chi connectivity index (χ1) is 9.18. The number of hydrogen-bond donors (Lipinski definition) is 1. The number of carbonyl (C=O) groups is 1. The van der Waals surface area contributed by atoms with E-state index in [2.05, 4.69) is 26.2 Å². The van der Waals surface area contributed by atoms with Crippen molar-refractivity contribution >= 4 is 21.8 Å². The van der Waals surface area contributed by atoms with E-state index in [-0.39, 0.29) is 11.7 Å². The van der Waals surface area contributed by atoms with Crippen molar-refractivity contribution in [2.75, 3.05) is 6.54 Å². The molecule has 2 aromatic rings. The van der Waals surface area contributed by atoms with Gasteiger partial charge in [0.25, 0.3) is 5.91 Å². The Morgan fingerprint density at radius 1 is 1.26 bits per heavy atom. The zero-order chi connectivity index (χ0) is 13.7. The monoisotopic (exact) mass is 322 g/mol. The number of pyridine rings is 1. The van der Waals surface area contributed by atoms with Crippen molar-refractivity contribution in [1.29, 1.82) is 0 Å². The molecule has 1 aromatic heterocycles. The number of hydrogen-bond acceptors (Lipinski definition) is 2. The van der Waals surface area contributed by atoms with Gasteiger partial charge in [-0.25, -0.2) is 9.37 Å². The van der Waals surface area contributed by atoms with Crippen LogP contribution in [0.15, 0.2) is 47.1 Å². The van der Waals surface area contributed by atoms with Gasteiger partial charge in [-0.3, -0.25) is 4.79 Å². The predicted molar refractivity (Wildman–Crippen MR) is 74.4 cm³/mol. The van der Waals surface area contributed by atoms with Crippen LogP contribution in [0.3, 0.4) is 0 Å². The van der Waals surface area contributed by atoms with E-state index in [0.717, 1.165) is 0 Å². The first-order valence-electron chi connectivity index (χ1n) is 5.80. The number of nitrogens with one attached hydrogen (secondary N) is 1. The summed E-state index contributed by atoms with van der Waals surface area (Å²) in [6.45, 7) is 0.364. The summed E-state index contributed by atoms with van der Waals surface area (Å²) in [4.78, 5) is 15.8. The Labute approximate surface area is 119 Å². The summed E-state index contributed by atoms with van der Waals surface area (Å²) < 4.78 is 14.0. The summed E-state index contributed by atoms with van der Waals surface area (Å²) in [7, 11) is 0. The Morgan fingerprint density at radius 3 is 2.79 bits per heavy atom. The largest absolute Gasteiger partial charge is 0.350 e. The van der Waals surface area contributed by atoms with Crippen LogP contribution in [0.4, 0.5) is 4.39 Å². The highest BCUT2D eigenvalue weighted by Gasteiger charge is 2.10. The van der Waals surface area contributed by atoms with Crippen LogP contribution in [-0.4, -0.2) is 17.4 Å². The minimum absolute atomic E-state index is 0.254. The summed E-state index contributed by atoms with van der Waals surface area (Å²) in [6.07, 6.45) is 2.00. The standard InChI is InChI=1S/C14H12BrFN2O/c15-11-5-3-8-17-13(11)14(19)18-9-7-10-4-1-2-6-12(10)16/h1-6,8H,7,9H2,(H,18,19). The first-order valence-corrected chi connectivity index (χ1v) is 6.60. The van der Waals surface area contributed by atoms with Crippen LogP contribution in [0.5, 0.6) is 0 Å². The van der Waals surface area contributed by atoms with Crippen molar-refractivity contribution in [2.24, 2.45) is 0 Å². The van der Waals surface area contributed by atoms with Gasteiger partial charge in [-0.15, -0.1) is 0 Å². The van der Waals surface area contributed by atoms with Gasteiger partial charge in [0.1, 0.15) is 11.5 Å². The van der Waals surface area contributed by atoms with E-state index in [0.29, 0.717) is 28.7 Å². The molecule has 0 saturated heterocycles. The Kier molecular flexibility index (Phi) is 4.63. The van der Waals surface area contributed by atoms with E-state index in [9.17, 15) is 9.18 Å². The van der Waals surface area contributed by atoms with Crippen molar-refractivity contribution in [2.45, 2.75) is 6.42 Å². The zero-order valence-corrected chi connectivity index (χ0v) is 11.7. The molecule has 0 aliphatic heterocycles. The van der Waals surface area contributed by atoms with E-state index in [4.69, 9.17) is 0 Å². The molecule has 0 spiro atoms. The molecule has 2 rings (SSSR count). The number of benzene rings is 1. The van der Waals surface area contributed by atoms with Gasteiger partial charge in [0.05, 0.1) is 0 Å². The topological polar surface area (TPSA) is 42.0 Å². The molecule has 1 amide bonds. The molecule has 3 nitrogen and oxygen atoms in total. The lowest BCUT2D eigenvalue weighted by atomic mass is 10.1. The molecule has 0 fully saturated rings. The maximum absolute atomic E-state index is 13.4. The quantitative estimate of drug-likeness (QED) is 0.940. The summed E-state index contributed by atoms with van der Waals surface area (Å²) in [5.41, 5.74) is 0.916. The van der Waals surface area contributed by atoms with Gasteiger partial charge in [0.15, 0.2) is 0 Å². The van der Waals surface area contributed by atoms with Crippen LogP contribution in [0.1, 0.15) is 16.1 Å². The fourth-order valence-corrected chi connectivity index (χ4v) is 2.08. The number of halogens is 2. The Balaban J connectivity index is 1.92. The highest BCUT2D eigenvalue weighted by atomic mass is 79.9. The average molecular weight is 323 g/mol. The smallest absolute Gasteiger partial charge is 0.271 e. The van der Waals surface area contributed by atoms with Crippen LogP contribution >= 0.6 is 15.9 Å². The molecule has 5 heteroatoms. The second-order valence-electron chi connectivity index (χ2n) is 3.93. The molecular weight excluding hydrogens is 311 g/mol. The third-order valence-electron chi connectivity index (χ3n) is 2.61. The van der Waals surface area contributed by atoms with Gasteiger partial charge in [-0.1, -0.05) is 18.2 Å². The third-order valence-corrected chi connectivity index (χ3v) is 3.25. The molecule has 0 unspecified atom stereocenters. The third kappa shape index (κ3) is 3.61. The van der Waals surface area contributed by atoms with Crippen molar-refractivity contribution in [3.8, 4) is 0 Å². The molecule has 0 radical (unpaired) electrons. The normalized spacial score (nSPS) is 10.2. The number of nitrogens with zero attached hydrogens (tertiary/aromatic N) is 1. The fourth-order valence-electron chi connectivity index (χ4n) is 1.65. The summed E-state index contributed by atoms with van der Waals surface area (Å²) >= 11 is 3.26. The highest BCUT2D eigenvalue weighted by molar-refractivity contribution is 9.10. The van der Waals surface area contributed by atoms with E-state index >= 15 is 0 Å². The van der Waals surface area contributed by atoms with Crippen LogP contribution in [0.2, 0.25) is 0 Å². The van der Waals surface area contributed by atoms with Crippen molar-refractivity contribution in [3.05, 3.63) is 64.1 Å². The van der Waals surface area contributed by atoms with Crippen molar-refractivity contribution in [3.63, 3.8) is 0 Å². The van der Waals surface area contributed by atoms with Crippen molar-refractivity contribution in [1.82, 2.24) is 10.3 Å². The molecule has 0 bridgehead atoms. The molecule has 0 aliphatic carbocycles. The van der Waals surface area contributed by atoms with Crippen LogP contribution in [0.25, 0.3) is 0 Å². The van der Waals surface area contributed by atoms with E-state index in [1.807, 2.05) is 0 Å². The minimum Gasteiger partial charge on any atom is -0.350 e. The van der Waals surface area contributed by atoms with Crippen molar-refractivity contribution < 1.29 is 9.18 Å². The summed E-state index contributed by atoms with van der Waals surface area (Å²) in [6, 6.07) is 10.0. The van der Waals surface area contributed by atoms with Gasteiger partial charge in [-0.05, 0) is 46.1 Å². The molecule has 0 aliphatic rings. The van der Waals surface area contributed by atoms with E-state index in [1.54, 1.807) is 36.5 Å². The van der Waals surface area contributed by atoms with Crippen LogP contribution < -0.4 is 5.32 Å². The van der Waals surface area contributed by atoms with Gasteiger partial charge < -0.3 is 5.32 Å². The van der Waals surface area contributed by atoms with Crippen LogP contribution in [0, 0.1) is 5.82 Å². The Bertz CT molecular complexity index is 589. The van der Waals surface area contributed by atoms with Gasteiger partial charge >= 0.3 is 0 Å². The molecule has 0 saturated carbocycles. The number of aromatic nitrogens is 1. The van der Waals surface area contributed by atoms with E-state index < -0.39 is 0 Å². The molecular formula is C14H12BrFN2O. The van der Waals surface area contributed by atoms with Gasteiger partial charge in [-0.2, -0.15) is 0 Å². The van der Waals surface area contributed by atoms with Gasteiger partial charge in [0, 0.05) is 17.2 Å². The SMILES string of the molecule is O=C(NCCc1ccccc1F)c1ncccc1Br. The van der Waals surface area contributed by atoms with Crippen LogP contribution in [-0.2, 0) is 6.42 Å². The molecule has 1 N–H and O–H groups in total. The number of amides is 1. The second-order valence-corrected chi connectivity index (χ2v) is 4.79. The maximum Gasteiger partial charge on any atom is 0.271 e. The predicted octanol–water partition coefficient (Wildman–Crippen LogP) is 2.96. The molecule has 1 aromatic carbocycles. The summed E-state index contributed by atoms with van der Waals surface area (Å²) in [5.74, 6) is -0.528. The molecule has 19 heavy (non-hydrogen) atoms. The Morgan fingerprint density at radius 2 is 2.05 bits per heavy atom. The van der Waals surface area contributed by atoms with E-state index in [1.165, 1.54) is 6.07 Å². The fraction of sp³-hybridized carbons (Fsp3) is 0.143. The lowest BCUT2D eigenvalue weighted by molar-refractivity contribution is 0.0948. The zero-order valence-electron chi connectivity index (χ0n) is 10.1. The lowest BCUT2D eigenvalue weighted by Gasteiger charge is -2.06. The minimum atomic E-state index is -0.274. The molecule has 0 atom stereocenters. The maximum atomic E-state index is 13.4. The first kappa shape index (κ1) is 13.7. The number of carbonyl (C=O) groups excluding carboxylic acids is 1. The molecule has 1 heterocycles. The lowest BCUT2D eigenvalue weighted by Crippen LogP contribution is -2.27.